The first-order chi connectivity index (χ1) is 14.9. The molecule has 0 N–H and O–H groups in total. The van der Waals surface area contributed by atoms with Gasteiger partial charge in [0.25, 0.3) is 0 Å². The van der Waals surface area contributed by atoms with Gasteiger partial charge < -0.3 is 9.47 Å². The maximum absolute atomic E-state index is 12.9. The van der Waals surface area contributed by atoms with Gasteiger partial charge in [-0.2, -0.15) is 0 Å². The van der Waals surface area contributed by atoms with Gasteiger partial charge in [-0.05, 0) is 54.7 Å². The third-order valence-electron chi connectivity index (χ3n) is 5.09. The first-order valence-corrected chi connectivity index (χ1v) is 10.6. The Labute approximate surface area is 183 Å². The van der Waals surface area contributed by atoms with E-state index >= 15 is 0 Å². The van der Waals surface area contributed by atoms with Crippen molar-refractivity contribution in [2.75, 3.05) is 0 Å². The molecule has 0 atom stereocenters. The van der Waals surface area contributed by atoms with Crippen LogP contribution in [-0.4, -0.2) is 11.9 Å². The molecule has 0 fully saturated rings. The van der Waals surface area contributed by atoms with Crippen LogP contribution in [0.3, 0.4) is 0 Å². The van der Waals surface area contributed by atoms with Crippen LogP contribution in [0.5, 0.6) is 11.5 Å². The van der Waals surface area contributed by atoms with Crippen LogP contribution in [0, 0.1) is 6.92 Å². The van der Waals surface area contributed by atoms with E-state index in [1.54, 1.807) is 48.5 Å². The largest absolute Gasteiger partial charge is 0.419 e. The molecule has 0 unspecified atom stereocenters. The van der Waals surface area contributed by atoms with E-state index in [9.17, 15) is 9.59 Å². The molecule has 0 amide bonds. The number of carbonyl (C=O) groups excluding carboxylic acids is 2. The quantitative estimate of drug-likeness (QED) is 0.325. The lowest BCUT2D eigenvalue weighted by Gasteiger charge is -2.22. The topological polar surface area (TPSA) is 52.6 Å². The Bertz CT molecular complexity index is 1050. The average Bonchev–Trinajstić information content (AvgIpc) is 2.78. The molecule has 0 spiro atoms. The Balaban J connectivity index is 2.10. The Morgan fingerprint density at radius 1 is 0.806 bits per heavy atom. The second-order valence-corrected chi connectivity index (χ2v) is 7.84. The molecule has 3 aromatic carbocycles. The van der Waals surface area contributed by atoms with E-state index in [0.29, 0.717) is 29.0 Å². The molecule has 31 heavy (non-hydrogen) atoms. The summed E-state index contributed by atoms with van der Waals surface area (Å²) in [6.45, 7) is 8.15. The van der Waals surface area contributed by atoms with Crippen LogP contribution in [0.4, 0.5) is 0 Å². The molecule has 4 nitrogen and oxygen atoms in total. The molecule has 0 aliphatic heterocycles. The summed E-state index contributed by atoms with van der Waals surface area (Å²) in [4.78, 5) is 25.7. The lowest BCUT2D eigenvalue weighted by molar-refractivity contribution is 0.0679. The number of esters is 2. The zero-order valence-corrected chi connectivity index (χ0v) is 18.5. The molecule has 0 saturated heterocycles. The van der Waals surface area contributed by atoms with Crippen molar-refractivity contribution in [2.45, 2.75) is 46.5 Å². The monoisotopic (exact) mass is 416 g/mol. The lowest BCUT2D eigenvalue weighted by Crippen LogP contribution is -2.16. The van der Waals surface area contributed by atoms with Crippen molar-refractivity contribution in [3.63, 3.8) is 0 Å². The molecular formula is C27H28O4. The number of rotatable bonds is 7. The molecule has 0 aliphatic rings. The minimum absolute atomic E-state index is 0.230. The number of ether oxygens (including phenoxy) is 2. The summed E-state index contributed by atoms with van der Waals surface area (Å²) in [7, 11) is 0. The standard InChI is InChI=1S/C27H28O4/c1-5-12-22-23(18(2)3)17-19(4)24(30-26(28)20-13-8-6-9-14-20)25(22)31-27(29)21-15-10-7-11-16-21/h6-11,13-18H,5,12H2,1-4H3. The smallest absolute Gasteiger partial charge is 0.343 e. The fourth-order valence-electron chi connectivity index (χ4n) is 3.54. The highest BCUT2D eigenvalue weighted by Crippen LogP contribution is 2.41. The summed E-state index contributed by atoms with van der Waals surface area (Å²) in [6.07, 6.45) is 1.58. The summed E-state index contributed by atoms with van der Waals surface area (Å²) in [5, 5.41) is 0. The van der Waals surface area contributed by atoms with Gasteiger partial charge in [0.1, 0.15) is 0 Å². The number of benzene rings is 3. The molecule has 160 valence electrons. The van der Waals surface area contributed by atoms with Crippen molar-refractivity contribution >= 4 is 11.9 Å². The number of aryl methyl sites for hydroxylation is 1. The molecule has 0 heterocycles. The Morgan fingerprint density at radius 2 is 1.29 bits per heavy atom. The van der Waals surface area contributed by atoms with Crippen LogP contribution < -0.4 is 9.47 Å². The van der Waals surface area contributed by atoms with Crippen molar-refractivity contribution in [3.05, 3.63) is 94.5 Å². The van der Waals surface area contributed by atoms with Crippen molar-refractivity contribution in [1.82, 2.24) is 0 Å². The van der Waals surface area contributed by atoms with Gasteiger partial charge >= 0.3 is 11.9 Å². The summed E-state index contributed by atoms with van der Waals surface area (Å²) in [6, 6.07) is 19.7. The maximum Gasteiger partial charge on any atom is 0.343 e. The lowest BCUT2D eigenvalue weighted by atomic mass is 9.91. The van der Waals surface area contributed by atoms with Gasteiger partial charge in [0, 0.05) is 5.56 Å². The van der Waals surface area contributed by atoms with Crippen molar-refractivity contribution in [2.24, 2.45) is 0 Å². The van der Waals surface area contributed by atoms with Gasteiger partial charge in [0.05, 0.1) is 11.1 Å². The van der Waals surface area contributed by atoms with Gasteiger partial charge in [0.2, 0.25) is 0 Å². The maximum atomic E-state index is 12.9. The third kappa shape index (κ3) is 5.21. The van der Waals surface area contributed by atoms with Crippen molar-refractivity contribution < 1.29 is 19.1 Å². The summed E-state index contributed by atoms with van der Waals surface area (Å²) in [5.74, 6) is -0.0984. The molecule has 0 radical (unpaired) electrons. The van der Waals surface area contributed by atoms with Crippen LogP contribution in [0.2, 0.25) is 0 Å². The summed E-state index contributed by atoms with van der Waals surface area (Å²) in [5.41, 5.74) is 3.63. The second kappa shape index (κ2) is 10.1. The molecule has 3 aromatic rings. The highest BCUT2D eigenvalue weighted by atomic mass is 16.6. The highest BCUT2D eigenvalue weighted by molar-refractivity contribution is 5.93. The zero-order valence-electron chi connectivity index (χ0n) is 18.5. The molecule has 4 heteroatoms. The van der Waals surface area contributed by atoms with Gasteiger partial charge in [0.15, 0.2) is 11.5 Å². The Morgan fingerprint density at radius 3 is 1.74 bits per heavy atom. The predicted octanol–water partition coefficient (Wildman–Crippen LogP) is 6.51. The summed E-state index contributed by atoms with van der Waals surface area (Å²) < 4.78 is 11.7. The molecule has 0 bridgehead atoms. The predicted molar refractivity (Wildman–Crippen MR) is 122 cm³/mol. The van der Waals surface area contributed by atoms with Gasteiger partial charge in [-0.1, -0.05) is 69.7 Å². The fraction of sp³-hybridized carbons (Fsp3) is 0.259. The highest BCUT2D eigenvalue weighted by Gasteiger charge is 2.25. The molecule has 3 rings (SSSR count). The number of hydrogen-bond acceptors (Lipinski definition) is 4. The van der Waals surface area contributed by atoms with E-state index in [1.807, 2.05) is 25.1 Å². The van der Waals surface area contributed by atoms with E-state index in [2.05, 4.69) is 20.8 Å². The van der Waals surface area contributed by atoms with Gasteiger partial charge in [-0.25, -0.2) is 9.59 Å². The number of hydrogen-bond donors (Lipinski definition) is 0. The molecule has 0 saturated carbocycles. The minimum Gasteiger partial charge on any atom is -0.419 e. The van der Waals surface area contributed by atoms with Crippen LogP contribution in [0.15, 0.2) is 66.7 Å². The Hall–Kier alpha value is -3.40. The van der Waals surface area contributed by atoms with Crippen LogP contribution >= 0.6 is 0 Å². The Kier molecular flexibility index (Phi) is 7.24. The normalized spacial score (nSPS) is 10.7. The van der Waals surface area contributed by atoms with Gasteiger partial charge in [-0.15, -0.1) is 0 Å². The van der Waals surface area contributed by atoms with Crippen LogP contribution in [0.1, 0.15) is 70.5 Å². The minimum atomic E-state index is -0.486. The van der Waals surface area contributed by atoms with E-state index in [1.165, 1.54) is 0 Å². The average molecular weight is 417 g/mol. The van der Waals surface area contributed by atoms with Crippen LogP contribution in [-0.2, 0) is 6.42 Å². The van der Waals surface area contributed by atoms with E-state index < -0.39 is 11.9 Å². The van der Waals surface area contributed by atoms with Gasteiger partial charge in [-0.3, -0.25) is 0 Å². The van der Waals surface area contributed by atoms with E-state index in [-0.39, 0.29) is 5.92 Å². The van der Waals surface area contributed by atoms with Crippen molar-refractivity contribution in [3.8, 4) is 11.5 Å². The molecule has 0 aliphatic carbocycles. The molecular weight excluding hydrogens is 388 g/mol. The van der Waals surface area contributed by atoms with E-state index in [0.717, 1.165) is 23.1 Å². The molecule has 0 aromatic heterocycles. The van der Waals surface area contributed by atoms with E-state index in [4.69, 9.17) is 9.47 Å². The van der Waals surface area contributed by atoms with Crippen molar-refractivity contribution in [1.29, 1.82) is 0 Å². The number of carbonyl (C=O) groups is 2. The SMILES string of the molecule is CCCc1c(C(C)C)cc(C)c(OC(=O)c2ccccc2)c1OC(=O)c1ccccc1. The first-order valence-electron chi connectivity index (χ1n) is 10.6. The zero-order chi connectivity index (χ0) is 22.4. The first kappa shape index (κ1) is 22.3. The third-order valence-corrected chi connectivity index (χ3v) is 5.09. The second-order valence-electron chi connectivity index (χ2n) is 7.84. The summed E-state index contributed by atoms with van der Waals surface area (Å²) >= 11 is 0. The fourth-order valence-corrected chi connectivity index (χ4v) is 3.54. The van der Waals surface area contributed by atoms with Crippen LogP contribution in [0.25, 0.3) is 0 Å².